The van der Waals surface area contributed by atoms with Crippen LogP contribution < -0.4 is 5.32 Å². The Balaban J connectivity index is 2.15. The minimum Gasteiger partial charge on any atom is -0.381 e. The van der Waals surface area contributed by atoms with Crippen LogP contribution in [-0.2, 0) is 17.7 Å². The summed E-state index contributed by atoms with van der Waals surface area (Å²) in [7, 11) is 0. The molecule has 1 unspecified atom stereocenters. The lowest BCUT2D eigenvalue weighted by Gasteiger charge is -2.39. The minimum atomic E-state index is 0.144. The van der Waals surface area contributed by atoms with Crippen molar-refractivity contribution in [1.29, 1.82) is 0 Å². The van der Waals surface area contributed by atoms with E-state index >= 15 is 0 Å². The van der Waals surface area contributed by atoms with Gasteiger partial charge in [-0.25, -0.2) is 0 Å². The van der Waals surface area contributed by atoms with Crippen LogP contribution in [0.2, 0.25) is 0 Å². The van der Waals surface area contributed by atoms with Gasteiger partial charge in [0.15, 0.2) is 0 Å². The average Bonchev–Trinajstić information content (AvgIpc) is 2.77. The van der Waals surface area contributed by atoms with E-state index in [1.807, 2.05) is 0 Å². The van der Waals surface area contributed by atoms with E-state index in [1.165, 1.54) is 12.1 Å². The fraction of sp³-hybridized carbons (Fsp3) is 0.824. The highest BCUT2D eigenvalue weighted by Crippen LogP contribution is 2.33. The van der Waals surface area contributed by atoms with Gasteiger partial charge in [0.05, 0.1) is 12.3 Å². The Morgan fingerprint density at radius 2 is 2.19 bits per heavy atom. The number of hydrogen-bond donors (Lipinski definition) is 1. The summed E-state index contributed by atoms with van der Waals surface area (Å²) >= 11 is 0. The Morgan fingerprint density at radius 3 is 2.76 bits per heavy atom. The maximum absolute atomic E-state index is 5.83. The van der Waals surface area contributed by atoms with E-state index in [0.29, 0.717) is 0 Å². The zero-order valence-electron chi connectivity index (χ0n) is 14.3. The summed E-state index contributed by atoms with van der Waals surface area (Å²) in [4.78, 5) is 0. The van der Waals surface area contributed by atoms with Gasteiger partial charge in [-0.3, -0.25) is 4.68 Å². The molecule has 0 bridgehead atoms. The van der Waals surface area contributed by atoms with Gasteiger partial charge >= 0.3 is 0 Å². The van der Waals surface area contributed by atoms with Gasteiger partial charge < -0.3 is 10.1 Å². The zero-order chi connectivity index (χ0) is 15.5. The quantitative estimate of drug-likeness (QED) is 0.907. The lowest BCUT2D eigenvalue weighted by atomic mass is 9.77. The van der Waals surface area contributed by atoms with Crippen molar-refractivity contribution in [2.24, 2.45) is 5.41 Å². The smallest absolute Gasteiger partial charge is 0.0596 e. The monoisotopic (exact) mass is 293 g/mol. The molecule has 1 aliphatic heterocycles. The first-order valence-corrected chi connectivity index (χ1v) is 8.20. The van der Waals surface area contributed by atoms with Crippen LogP contribution in [0.5, 0.6) is 0 Å². The molecule has 2 rings (SSSR count). The van der Waals surface area contributed by atoms with Crippen molar-refractivity contribution in [3.05, 3.63) is 17.5 Å². The number of ether oxygens (including phenoxy) is 1. The van der Waals surface area contributed by atoms with E-state index in [-0.39, 0.29) is 11.0 Å². The lowest BCUT2D eigenvalue weighted by molar-refractivity contribution is -0.0109. The predicted molar refractivity (Wildman–Crippen MR) is 86.6 cm³/mol. The fourth-order valence-corrected chi connectivity index (χ4v) is 3.10. The van der Waals surface area contributed by atoms with Crippen molar-refractivity contribution in [3.63, 3.8) is 0 Å². The van der Waals surface area contributed by atoms with Gasteiger partial charge in [-0.15, -0.1) is 0 Å². The van der Waals surface area contributed by atoms with E-state index < -0.39 is 0 Å². The molecular weight excluding hydrogens is 262 g/mol. The van der Waals surface area contributed by atoms with E-state index in [1.54, 1.807) is 0 Å². The molecule has 120 valence electrons. The van der Waals surface area contributed by atoms with Crippen LogP contribution >= 0.6 is 0 Å². The highest BCUT2D eigenvalue weighted by molar-refractivity contribution is 5.12. The van der Waals surface area contributed by atoms with E-state index in [0.717, 1.165) is 44.8 Å². The normalized spacial score (nSPS) is 23.5. The Morgan fingerprint density at radius 1 is 1.43 bits per heavy atom. The summed E-state index contributed by atoms with van der Waals surface area (Å²) < 4.78 is 7.98. The number of aromatic nitrogens is 2. The van der Waals surface area contributed by atoms with Crippen LogP contribution in [0.15, 0.2) is 6.07 Å². The van der Waals surface area contributed by atoms with Crippen LogP contribution in [0.25, 0.3) is 0 Å². The third-order valence-corrected chi connectivity index (χ3v) is 4.24. The summed E-state index contributed by atoms with van der Waals surface area (Å²) in [6.45, 7) is 14.6. The minimum absolute atomic E-state index is 0.144. The van der Waals surface area contributed by atoms with Crippen molar-refractivity contribution in [2.45, 2.75) is 66.0 Å². The first-order valence-electron chi connectivity index (χ1n) is 8.20. The summed E-state index contributed by atoms with van der Waals surface area (Å²) in [5.74, 6) is 0. The molecule has 21 heavy (non-hydrogen) atoms. The standard InChI is InChI=1S/C17H31N3O/c1-6-20-15(10-14(2)19-20)11-17(8-7-9-21-13-17)12-18-16(3,4)5/h10,18H,6-9,11-13H2,1-5H3. The predicted octanol–water partition coefficient (Wildman–Crippen LogP) is 2.94. The van der Waals surface area contributed by atoms with Gasteiger partial charge in [0.1, 0.15) is 0 Å². The molecule has 0 spiro atoms. The second-order valence-electron chi connectivity index (χ2n) is 7.53. The second-order valence-corrected chi connectivity index (χ2v) is 7.53. The highest BCUT2D eigenvalue weighted by Gasteiger charge is 2.35. The van der Waals surface area contributed by atoms with Gasteiger partial charge in [-0.1, -0.05) is 0 Å². The molecule has 4 heteroatoms. The number of aryl methyl sites for hydroxylation is 2. The largest absolute Gasteiger partial charge is 0.381 e. The summed E-state index contributed by atoms with van der Waals surface area (Å²) in [5, 5.41) is 8.28. The molecule has 4 nitrogen and oxygen atoms in total. The molecule has 1 saturated heterocycles. The number of hydrogen-bond acceptors (Lipinski definition) is 3. The van der Waals surface area contributed by atoms with Crippen LogP contribution in [0.4, 0.5) is 0 Å². The summed E-state index contributed by atoms with van der Waals surface area (Å²) in [6, 6.07) is 2.23. The van der Waals surface area contributed by atoms with Gasteiger partial charge in [0, 0.05) is 36.3 Å². The van der Waals surface area contributed by atoms with Gasteiger partial charge in [0.2, 0.25) is 0 Å². The number of nitrogens with one attached hydrogen (secondary N) is 1. The Hall–Kier alpha value is -0.870. The molecule has 0 radical (unpaired) electrons. The molecule has 2 heterocycles. The van der Waals surface area contributed by atoms with Crippen LogP contribution in [-0.4, -0.2) is 35.1 Å². The zero-order valence-corrected chi connectivity index (χ0v) is 14.3. The molecule has 1 aromatic rings. The Bertz CT molecular complexity index is 453. The molecule has 0 amide bonds. The topological polar surface area (TPSA) is 39.1 Å². The fourth-order valence-electron chi connectivity index (χ4n) is 3.10. The molecule has 0 aliphatic carbocycles. The molecule has 1 aromatic heterocycles. The third kappa shape index (κ3) is 4.55. The second kappa shape index (κ2) is 6.49. The van der Waals surface area contributed by atoms with Crippen LogP contribution in [0.1, 0.15) is 51.9 Å². The SMILES string of the molecule is CCn1nc(C)cc1CC1(CNC(C)(C)C)CCCOC1. The molecular formula is C17H31N3O. The number of nitrogens with zero attached hydrogens (tertiary/aromatic N) is 2. The summed E-state index contributed by atoms with van der Waals surface area (Å²) in [6.07, 6.45) is 3.43. The third-order valence-electron chi connectivity index (χ3n) is 4.24. The molecule has 1 atom stereocenters. The summed E-state index contributed by atoms with van der Waals surface area (Å²) in [5.41, 5.74) is 2.80. The van der Waals surface area contributed by atoms with E-state index in [2.05, 4.69) is 55.8 Å². The average molecular weight is 293 g/mol. The van der Waals surface area contributed by atoms with Crippen molar-refractivity contribution in [2.75, 3.05) is 19.8 Å². The van der Waals surface area contributed by atoms with Crippen molar-refractivity contribution in [3.8, 4) is 0 Å². The molecule has 0 aromatic carbocycles. The van der Waals surface area contributed by atoms with Crippen molar-refractivity contribution >= 4 is 0 Å². The van der Waals surface area contributed by atoms with E-state index in [9.17, 15) is 0 Å². The van der Waals surface area contributed by atoms with Gasteiger partial charge in [-0.05, 0) is 59.9 Å². The van der Waals surface area contributed by atoms with Crippen molar-refractivity contribution < 1.29 is 4.74 Å². The molecule has 1 N–H and O–H groups in total. The van der Waals surface area contributed by atoms with Crippen molar-refractivity contribution in [1.82, 2.24) is 15.1 Å². The maximum Gasteiger partial charge on any atom is 0.0596 e. The maximum atomic E-state index is 5.83. The van der Waals surface area contributed by atoms with Crippen LogP contribution in [0.3, 0.4) is 0 Å². The first kappa shape index (κ1) is 16.5. The molecule has 1 fully saturated rings. The van der Waals surface area contributed by atoms with Crippen LogP contribution in [0, 0.1) is 12.3 Å². The molecule has 0 saturated carbocycles. The lowest BCUT2D eigenvalue weighted by Crippen LogP contribution is -2.48. The van der Waals surface area contributed by atoms with Gasteiger partial charge in [0.25, 0.3) is 0 Å². The highest BCUT2D eigenvalue weighted by atomic mass is 16.5. The van der Waals surface area contributed by atoms with Gasteiger partial charge in [-0.2, -0.15) is 5.10 Å². The first-order chi connectivity index (χ1) is 9.84. The molecule has 1 aliphatic rings. The Kier molecular flexibility index (Phi) is 5.10. The number of rotatable bonds is 5. The van der Waals surface area contributed by atoms with E-state index in [4.69, 9.17) is 4.74 Å². The Labute approximate surface area is 129 Å².